The third-order valence-corrected chi connectivity index (χ3v) is 3.63. The number of nitrogens with one attached hydrogen (secondary N) is 1. The van der Waals surface area contributed by atoms with Crippen molar-refractivity contribution in [3.05, 3.63) is 27.2 Å². The van der Waals surface area contributed by atoms with Gasteiger partial charge in [0.15, 0.2) is 0 Å². The SMILES string of the molecule is Cl.Clc1cc(Cl)c(OCC2CCNC2)cc1Cl. The molecule has 1 fully saturated rings. The summed E-state index contributed by atoms with van der Waals surface area (Å²) in [6, 6.07) is 3.27. The van der Waals surface area contributed by atoms with Crippen molar-refractivity contribution in [2.24, 2.45) is 5.92 Å². The smallest absolute Gasteiger partial charge is 0.139 e. The second kappa shape index (κ2) is 6.91. The molecule has 2 nitrogen and oxygen atoms in total. The monoisotopic (exact) mass is 315 g/mol. The predicted molar refractivity (Wildman–Crippen MR) is 75.2 cm³/mol. The molecule has 0 saturated carbocycles. The molecule has 1 aliphatic rings. The summed E-state index contributed by atoms with van der Waals surface area (Å²) in [6.45, 7) is 2.72. The molecule has 1 atom stereocenters. The van der Waals surface area contributed by atoms with E-state index in [2.05, 4.69) is 5.32 Å². The lowest BCUT2D eigenvalue weighted by molar-refractivity contribution is 0.260. The average Bonchev–Trinajstić information content (AvgIpc) is 2.74. The summed E-state index contributed by atoms with van der Waals surface area (Å²) in [5.74, 6) is 1.15. The summed E-state index contributed by atoms with van der Waals surface area (Å²) in [7, 11) is 0. The van der Waals surface area contributed by atoms with E-state index in [1.54, 1.807) is 12.1 Å². The van der Waals surface area contributed by atoms with Crippen molar-refractivity contribution in [2.75, 3.05) is 19.7 Å². The molecule has 0 spiro atoms. The Labute approximate surface area is 122 Å². The molecule has 0 bridgehead atoms. The maximum atomic E-state index is 6.00. The first-order chi connectivity index (χ1) is 7.66. The molecule has 1 aromatic rings. The second-order valence-electron chi connectivity index (χ2n) is 3.87. The molecule has 6 heteroatoms. The van der Waals surface area contributed by atoms with E-state index in [0.29, 0.717) is 33.3 Å². The van der Waals surface area contributed by atoms with Gasteiger partial charge in [0.2, 0.25) is 0 Å². The summed E-state index contributed by atoms with van der Waals surface area (Å²) >= 11 is 17.7. The maximum absolute atomic E-state index is 6.00. The van der Waals surface area contributed by atoms with Crippen LogP contribution >= 0.6 is 47.2 Å². The number of hydrogen-bond acceptors (Lipinski definition) is 2. The van der Waals surface area contributed by atoms with Crippen LogP contribution in [-0.2, 0) is 0 Å². The van der Waals surface area contributed by atoms with Gasteiger partial charge in [-0.25, -0.2) is 0 Å². The normalized spacial score (nSPS) is 18.9. The molecule has 1 saturated heterocycles. The highest BCUT2D eigenvalue weighted by molar-refractivity contribution is 6.43. The van der Waals surface area contributed by atoms with Gasteiger partial charge in [0, 0.05) is 18.5 Å². The highest BCUT2D eigenvalue weighted by atomic mass is 35.5. The minimum atomic E-state index is 0. The van der Waals surface area contributed by atoms with Crippen molar-refractivity contribution < 1.29 is 4.74 Å². The van der Waals surface area contributed by atoms with Crippen molar-refractivity contribution in [1.82, 2.24) is 5.32 Å². The fourth-order valence-corrected chi connectivity index (χ4v) is 2.27. The maximum Gasteiger partial charge on any atom is 0.139 e. The minimum absolute atomic E-state index is 0. The Hall–Kier alpha value is 0.140. The molecule has 0 radical (unpaired) electrons. The Morgan fingerprint density at radius 3 is 2.53 bits per heavy atom. The lowest BCUT2D eigenvalue weighted by atomic mass is 10.1. The molecular formula is C11H13Cl4NO. The van der Waals surface area contributed by atoms with Crippen LogP contribution in [0, 0.1) is 5.92 Å². The number of rotatable bonds is 3. The second-order valence-corrected chi connectivity index (χ2v) is 5.09. The van der Waals surface area contributed by atoms with Gasteiger partial charge < -0.3 is 10.1 Å². The van der Waals surface area contributed by atoms with Crippen LogP contribution in [0.3, 0.4) is 0 Å². The fraction of sp³-hybridized carbons (Fsp3) is 0.455. The first kappa shape index (κ1) is 15.2. The Balaban J connectivity index is 0.00000144. The number of benzene rings is 1. The number of ether oxygens (including phenoxy) is 1. The Morgan fingerprint density at radius 1 is 1.18 bits per heavy atom. The lowest BCUT2D eigenvalue weighted by Gasteiger charge is -2.12. The van der Waals surface area contributed by atoms with Crippen LogP contribution < -0.4 is 10.1 Å². The van der Waals surface area contributed by atoms with E-state index in [0.717, 1.165) is 19.5 Å². The van der Waals surface area contributed by atoms with Gasteiger partial charge in [-0.15, -0.1) is 12.4 Å². The van der Waals surface area contributed by atoms with Gasteiger partial charge in [-0.3, -0.25) is 0 Å². The van der Waals surface area contributed by atoms with Crippen LogP contribution in [0.5, 0.6) is 5.75 Å². The largest absolute Gasteiger partial charge is 0.492 e. The highest BCUT2D eigenvalue weighted by Gasteiger charge is 2.16. The zero-order valence-electron chi connectivity index (χ0n) is 9.01. The topological polar surface area (TPSA) is 21.3 Å². The van der Waals surface area contributed by atoms with E-state index < -0.39 is 0 Å². The Morgan fingerprint density at radius 2 is 1.88 bits per heavy atom. The summed E-state index contributed by atoms with van der Waals surface area (Å²) in [5.41, 5.74) is 0. The van der Waals surface area contributed by atoms with E-state index in [1.807, 2.05) is 0 Å². The van der Waals surface area contributed by atoms with Gasteiger partial charge >= 0.3 is 0 Å². The quantitative estimate of drug-likeness (QED) is 0.849. The molecule has 0 aliphatic carbocycles. The molecule has 0 aromatic heterocycles. The zero-order valence-corrected chi connectivity index (χ0v) is 12.1. The third-order valence-electron chi connectivity index (χ3n) is 2.61. The Bertz CT molecular complexity index is 380. The van der Waals surface area contributed by atoms with Crippen molar-refractivity contribution in [3.63, 3.8) is 0 Å². The molecule has 1 unspecified atom stereocenters. The molecule has 2 rings (SSSR count). The average molecular weight is 317 g/mol. The molecule has 1 aliphatic heterocycles. The molecule has 17 heavy (non-hydrogen) atoms. The third kappa shape index (κ3) is 4.08. The van der Waals surface area contributed by atoms with Crippen molar-refractivity contribution in [1.29, 1.82) is 0 Å². The van der Waals surface area contributed by atoms with E-state index in [9.17, 15) is 0 Å². The van der Waals surface area contributed by atoms with Crippen LogP contribution in [0.4, 0.5) is 0 Å². The molecule has 1 N–H and O–H groups in total. The number of halogens is 4. The van der Waals surface area contributed by atoms with Crippen LogP contribution in [-0.4, -0.2) is 19.7 Å². The van der Waals surface area contributed by atoms with Crippen LogP contribution in [0.25, 0.3) is 0 Å². The van der Waals surface area contributed by atoms with Gasteiger partial charge in [-0.05, 0) is 19.0 Å². The predicted octanol–water partition coefficient (Wildman–Crippen LogP) is 4.06. The van der Waals surface area contributed by atoms with Crippen LogP contribution in [0.2, 0.25) is 15.1 Å². The summed E-state index contributed by atoms with van der Waals surface area (Å²) in [6.07, 6.45) is 1.14. The van der Waals surface area contributed by atoms with E-state index >= 15 is 0 Å². The summed E-state index contributed by atoms with van der Waals surface area (Å²) < 4.78 is 5.64. The lowest BCUT2D eigenvalue weighted by Crippen LogP contribution is -2.15. The first-order valence-electron chi connectivity index (χ1n) is 5.15. The van der Waals surface area contributed by atoms with Gasteiger partial charge in [0.1, 0.15) is 5.75 Å². The molecular weight excluding hydrogens is 304 g/mol. The van der Waals surface area contributed by atoms with Crippen molar-refractivity contribution >= 4 is 47.2 Å². The standard InChI is InChI=1S/C11H12Cl3NO.ClH/c12-8-3-10(14)11(4-9(8)13)16-6-7-1-2-15-5-7;/h3-4,7,15H,1-2,5-6H2;1H. The molecule has 1 aromatic carbocycles. The first-order valence-corrected chi connectivity index (χ1v) is 6.28. The van der Waals surface area contributed by atoms with E-state index in [-0.39, 0.29) is 12.4 Å². The van der Waals surface area contributed by atoms with Gasteiger partial charge in [0.25, 0.3) is 0 Å². The van der Waals surface area contributed by atoms with Gasteiger partial charge in [0.05, 0.1) is 21.7 Å². The van der Waals surface area contributed by atoms with Gasteiger partial charge in [-0.1, -0.05) is 34.8 Å². The molecule has 0 amide bonds. The van der Waals surface area contributed by atoms with Crippen molar-refractivity contribution in [3.8, 4) is 5.75 Å². The summed E-state index contributed by atoms with van der Waals surface area (Å²) in [4.78, 5) is 0. The summed E-state index contributed by atoms with van der Waals surface area (Å²) in [5, 5.41) is 4.69. The van der Waals surface area contributed by atoms with Crippen molar-refractivity contribution in [2.45, 2.75) is 6.42 Å². The van der Waals surface area contributed by atoms with E-state index in [1.165, 1.54) is 0 Å². The zero-order chi connectivity index (χ0) is 11.5. The molecule has 1 heterocycles. The fourth-order valence-electron chi connectivity index (χ4n) is 1.68. The van der Waals surface area contributed by atoms with Crippen LogP contribution in [0.15, 0.2) is 12.1 Å². The van der Waals surface area contributed by atoms with Crippen LogP contribution in [0.1, 0.15) is 6.42 Å². The highest BCUT2D eigenvalue weighted by Crippen LogP contribution is 2.34. The minimum Gasteiger partial charge on any atom is -0.492 e. The van der Waals surface area contributed by atoms with E-state index in [4.69, 9.17) is 39.5 Å². The Kier molecular flexibility index (Phi) is 6.18. The van der Waals surface area contributed by atoms with Gasteiger partial charge in [-0.2, -0.15) is 0 Å². The molecule has 96 valence electrons. The number of hydrogen-bond donors (Lipinski definition) is 1.